The van der Waals surface area contributed by atoms with Gasteiger partial charge in [0.05, 0.1) is 17.8 Å². The van der Waals surface area contributed by atoms with Gasteiger partial charge in [-0.2, -0.15) is 0 Å². The zero-order chi connectivity index (χ0) is 14.8. The molecule has 0 atom stereocenters. The molecule has 1 heterocycles. The molecule has 0 spiro atoms. The largest absolute Gasteiger partial charge is 0.449 e. The number of para-hydroxylation sites is 1. The normalized spacial score (nSPS) is 10.8. The highest BCUT2D eigenvalue weighted by molar-refractivity contribution is 5.96. The Kier molecular flexibility index (Phi) is 3.48. The summed E-state index contributed by atoms with van der Waals surface area (Å²) in [5, 5.41) is 1.03. The van der Waals surface area contributed by atoms with Crippen LogP contribution in [0, 0.1) is 6.92 Å². The number of ether oxygens (including phenoxy) is 1. The Morgan fingerprint density at radius 2 is 1.81 bits per heavy atom. The summed E-state index contributed by atoms with van der Waals surface area (Å²) in [6.07, 6.45) is -0.339. The van der Waals surface area contributed by atoms with Gasteiger partial charge in [-0.15, -0.1) is 0 Å². The predicted molar refractivity (Wildman–Crippen MR) is 84.5 cm³/mol. The fourth-order valence-electron chi connectivity index (χ4n) is 2.48. The maximum absolute atomic E-state index is 12.3. The van der Waals surface area contributed by atoms with Crippen LogP contribution < -0.4 is 0 Å². The average molecular weight is 279 g/mol. The predicted octanol–water partition coefficient (Wildman–Crippen LogP) is 4.62. The van der Waals surface area contributed by atoms with Gasteiger partial charge in [0.2, 0.25) is 0 Å². The van der Waals surface area contributed by atoms with Crippen molar-refractivity contribution in [3.8, 4) is 11.3 Å². The summed E-state index contributed by atoms with van der Waals surface area (Å²) in [4.78, 5) is 12.3. The Bertz CT molecular complexity index is 785. The first-order valence-corrected chi connectivity index (χ1v) is 7.05. The first-order chi connectivity index (χ1) is 10.2. The van der Waals surface area contributed by atoms with Crippen LogP contribution in [0.3, 0.4) is 0 Å². The lowest BCUT2D eigenvalue weighted by Crippen LogP contribution is -2.14. The highest BCUT2D eigenvalue weighted by Gasteiger charge is 2.16. The third-order valence-electron chi connectivity index (χ3n) is 3.51. The van der Waals surface area contributed by atoms with Crippen LogP contribution in [-0.4, -0.2) is 17.3 Å². The summed E-state index contributed by atoms with van der Waals surface area (Å²) in [7, 11) is 0. The van der Waals surface area contributed by atoms with Crippen LogP contribution in [0.1, 0.15) is 12.5 Å². The summed E-state index contributed by atoms with van der Waals surface area (Å²) in [6, 6.07) is 18.0. The van der Waals surface area contributed by atoms with Gasteiger partial charge >= 0.3 is 6.09 Å². The summed E-state index contributed by atoms with van der Waals surface area (Å²) < 4.78 is 6.85. The summed E-state index contributed by atoms with van der Waals surface area (Å²) in [5.41, 5.74) is 3.92. The molecule has 0 amide bonds. The Balaban J connectivity index is 2.23. The monoisotopic (exact) mass is 279 g/mol. The maximum atomic E-state index is 12.3. The van der Waals surface area contributed by atoms with Crippen molar-refractivity contribution in [2.24, 2.45) is 0 Å². The van der Waals surface area contributed by atoms with Gasteiger partial charge < -0.3 is 4.74 Å². The van der Waals surface area contributed by atoms with Crippen molar-refractivity contribution in [3.05, 3.63) is 60.2 Å². The molecule has 3 rings (SSSR count). The van der Waals surface area contributed by atoms with E-state index in [1.54, 1.807) is 4.57 Å². The number of aromatic nitrogens is 1. The molecule has 0 N–H and O–H groups in total. The highest BCUT2D eigenvalue weighted by atomic mass is 16.5. The zero-order valence-corrected chi connectivity index (χ0v) is 12.2. The second-order valence-electron chi connectivity index (χ2n) is 4.99. The van der Waals surface area contributed by atoms with Crippen molar-refractivity contribution in [3.63, 3.8) is 0 Å². The number of aryl methyl sites for hydroxylation is 1. The minimum Gasteiger partial charge on any atom is -0.449 e. The van der Waals surface area contributed by atoms with Crippen molar-refractivity contribution >= 4 is 17.0 Å². The smallest absolute Gasteiger partial charge is 0.418 e. The minimum atomic E-state index is -0.339. The van der Waals surface area contributed by atoms with Crippen LogP contribution >= 0.6 is 0 Å². The van der Waals surface area contributed by atoms with Crippen molar-refractivity contribution in [2.75, 3.05) is 6.61 Å². The van der Waals surface area contributed by atoms with Gasteiger partial charge in [0, 0.05) is 5.39 Å². The molecule has 3 nitrogen and oxygen atoms in total. The van der Waals surface area contributed by atoms with Crippen molar-refractivity contribution in [2.45, 2.75) is 13.8 Å². The number of fused-ring (bicyclic) bond motifs is 1. The lowest BCUT2D eigenvalue weighted by atomic mass is 10.1. The fraction of sp³-hybridized carbons (Fsp3) is 0.167. The number of hydrogen-bond acceptors (Lipinski definition) is 2. The van der Waals surface area contributed by atoms with E-state index in [0.29, 0.717) is 6.61 Å². The van der Waals surface area contributed by atoms with Crippen LogP contribution in [0.25, 0.3) is 22.2 Å². The van der Waals surface area contributed by atoms with Crippen molar-refractivity contribution < 1.29 is 9.53 Å². The van der Waals surface area contributed by atoms with Gasteiger partial charge in [0.25, 0.3) is 0 Å². The molecule has 0 fully saturated rings. The summed E-state index contributed by atoms with van der Waals surface area (Å²) in [6.45, 7) is 4.22. The molecule has 106 valence electrons. The van der Waals surface area contributed by atoms with Gasteiger partial charge in [-0.25, -0.2) is 9.36 Å². The van der Waals surface area contributed by atoms with E-state index in [9.17, 15) is 4.79 Å². The standard InChI is InChI=1S/C18H17NO2/c1-3-21-18(20)19-16-7-5-4-6-15(16)12-17(19)14-10-8-13(2)9-11-14/h4-12H,3H2,1-2H3. The van der Waals surface area contributed by atoms with E-state index in [1.807, 2.05) is 68.4 Å². The number of nitrogens with zero attached hydrogens (tertiary/aromatic N) is 1. The Labute approximate surface area is 123 Å². The Hall–Kier alpha value is -2.55. The number of carbonyl (C=O) groups excluding carboxylic acids is 1. The van der Waals surface area contributed by atoms with E-state index in [-0.39, 0.29) is 6.09 Å². The molecule has 0 bridgehead atoms. The quantitative estimate of drug-likeness (QED) is 0.685. The number of benzene rings is 2. The van der Waals surface area contributed by atoms with Crippen molar-refractivity contribution in [1.29, 1.82) is 0 Å². The van der Waals surface area contributed by atoms with Crippen LogP contribution in [0.2, 0.25) is 0 Å². The Morgan fingerprint density at radius 1 is 1.10 bits per heavy atom. The highest BCUT2D eigenvalue weighted by Crippen LogP contribution is 2.28. The van der Waals surface area contributed by atoms with Crippen LogP contribution in [0.15, 0.2) is 54.6 Å². The molecule has 3 aromatic rings. The van der Waals surface area contributed by atoms with Crippen molar-refractivity contribution in [1.82, 2.24) is 4.57 Å². The van der Waals surface area contributed by atoms with Gasteiger partial charge in [-0.3, -0.25) is 0 Å². The summed E-state index contributed by atoms with van der Waals surface area (Å²) in [5.74, 6) is 0. The maximum Gasteiger partial charge on any atom is 0.418 e. The molecule has 21 heavy (non-hydrogen) atoms. The molecule has 0 unspecified atom stereocenters. The molecule has 2 aromatic carbocycles. The molecule has 0 radical (unpaired) electrons. The van der Waals surface area contributed by atoms with Crippen LogP contribution in [-0.2, 0) is 4.74 Å². The second-order valence-corrected chi connectivity index (χ2v) is 4.99. The van der Waals surface area contributed by atoms with Crippen LogP contribution in [0.5, 0.6) is 0 Å². The molecule has 0 saturated heterocycles. The molecule has 0 aliphatic rings. The van der Waals surface area contributed by atoms with E-state index in [4.69, 9.17) is 4.74 Å². The van der Waals surface area contributed by atoms with E-state index in [2.05, 4.69) is 0 Å². The van der Waals surface area contributed by atoms with Gasteiger partial charge in [0.15, 0.2) is 0 Å². The Morgan fingerprint density at radius 3 is 2.52 bits per heavy atom. The van der Waals surface area contributed by atoms with E-state index >= 15 is 0 Å². The van der Waals surface area contributed by atoms with Gasteiger partial charge in [-0.1, -0.05) is 48.0 Å². The number of hydrogen-bond donors (Lipinski definition) is 0. The molecule has 1 aromatic heterocycles. The summed E-state index contributed by atoms with van der Waals surface area (Å²) >= 11 is 0. The molecule has 3 heteroatoms. The lowest BCUT2D eigenvalue weighted by Gasteiger charge is -2.09. The number of carbonyl (C=O) groups is 1. The van der Waals surface area contributed by atoms with E-state index in [1.165, 1.54) is 5.56 Å². The third kappa shape index (κ3) is 2.42. The molecular formula is C18H17NO2. The topological polar surface area (TPSA) is 31.2 Å². The number of rotatable bonds is 2. The lowest BCUT2D eigenvalue weighted by molar-refractivity contribution is 0.155. The van der Waals surface area contributed by atoms with E-state index < -0.39 is 0 Å². The van der Waals surface area contributed by atoms with Crippen LogP contribution in [0.4, 0.5) is 4.79 Å². The van der Waals surface area contributed by atoms with Gasteiger partial charge in [-0.05, 0) is 31.5 Å². The second kappa shape index (κ2) is 5.44. The molecule has 0 aliphatic carbocycles. The fourth-order valence-corrected chi connectivity index (χ4v) is 2.48. The SMILES string of the molecule is CCOC(=O)n1c(-c2ccc(C)cc2)cc2ccccc21. The minimum absolute atomic E-state index is 0.339. The average Bonchev–Trinajstić information content (AvgIpc) is 2.87. The third-order valence-corrected chi connectivity index (χ3v) is 3.51. The first kappa shape index (κ1) is 13.4. The molecule has 0 aliphatic heterocycles. The first-order valence-electron chi connectivity index (χ1n) is 7.05. The molecule has 0 saturated carbocycles. The zero-order valence-electron chi connectivity index (χ0n) is 12.2. The van der Waals surface area contributed by atoms with Gasteiger partial charge in [0.1, 0.15) is 0 Å². The molecular weight excluding hydrogens is 262 g/mol. The van der Waals surface area contributed by atoms with E-state index in [0.717, 1.165) is 22.2 Å².